The topological polar surface area (TPSA) is 107 Å². The molecule has 2 aliphatic heterocycles. The Morgan fingerprint density at radius 2 is 1.60 bits per heavy atom. The van der Waals surface area contributed by atoms with Gasteiger partial charge in [0.05, 0.1) is 11.6 Å². The minimum atomic E-state index is -4.80. The number of carbonyl (C=O) groups excluding carboxylic acids is 3. The van der Waals surface area contributed by atoms with Crippen molar-refractivity contribution in [3.8, 4) is 0 Å². The second kappa shape index (κ2) is 12.1. The zero-order chi connectivity index (χ0) is 31.3. The number of halogens is 6. The van der Waals surface area contributed by atoms with Crippen LogP contribution in [0.4, 0.5) is 13.2 Å². The van der Waals surface area contributed by atoms with Crippen molar-refractivity contribution in [2.45, 2.75) is 55.0 Å². The first kappa shape index (κ1) is 31.8. The molecule has 232 valence electrons. The summed E-state index contributed by atoms with van der Waals surface area (Å²) in [7, 11) is -4.61. The summed E-state index contributed by atoms with van der Waals surface area (Å²) in [6.45, 7) is -2.99. The lowest BCUT2D eigenvalue weighted by molar-refractivity contribution is -0.183. The van der Waals surface area contributed by atoms with Crippen LogP contribution in [0.1, 0.15) is 24.8 Å². The number of nitrogens with one attached hydrogen (secondary N) is 1. The fourth-order valence-corrected chi connectivity index (χ4v) is 7.99. The van der Waals surface area contributed by atoms with E-state index in [4.69, 9.17) is 34.8 Å². The van der Waals surface area contributed by atoms with E-state index >= 15 is 0 Å². The molecule has 9 nitrogen and oxygen atoms in total. The first-order valence-corrected chi connectivity index (χ1v) is 15.9. The monoisotopic (exact) mass is 680 g/mol. The Balaban J connectivity index is 1.60. The summed E-state index contributed by atoms with van der Waals surface area (Å²) in [5.41, 5.74) is 0.471. The Labute approximate surface area is 260 Å². The van der Waals surface area contributed by atoms with E-state index in [0.717, 1.165) is 21.7 Å². The van der Waals surface area contributed by atoms with Crippen molar-refractivity contribution in [3.05, 3.63) is 63.1 Å². The van der Waals surface area contributed by atoms with Gasteiger partial charge in [-0.25, -0.2) is 8.42 Å². The van der Waals surface area contributed by atoms with Gasteiger partial charge in [-0.15, -0.1) is 0 Å². The molecule has 2 saturated heterocycles. The third-order valence-corrected chi connectivity index (χ3v) is 10.7. The Morgan fingerprint density at radius 3 is 2.19 bits per heavy atom. The molecule has 1 saturated carbocycles. The molecule has 0 aromatic heterocycles. The maximum Gasteiger partial charge on any atom is 0.406 e. The van der Waals surface area contributed by atoms with Gasteiger partial charge in [-0.1, -0.05) is 53.4 Å². The molecule has 0 bridgehead atoms. The number of hydrogen-bond donors (Lipinski definition) is 1. The Morgan fingerprint density at radius 1 is 0.953 bits per heavy atom. The molecule has 3 atom stereocenters. The van der Waals surface area contributed by atoms with E-state index in [1.807, 2.05) is 0 Å². The van der Waals surface area contributed by atoms with E-state index in [2.05, 4.69) is 5.32 Å². The van der Waals surface area contributed by atoms with E-state index in [0.29, 0.717) is 28.3 Å². The number of fused-ring (bicyclic) bond motifs is 1. The van der Waals surface area contributed by atoms with Crippen molar-refractivity contribution in [3.63, 3.8) is 0 Å². The number of amides is 3. The summed E-state index contributed by atoms with van der Waals surface area (Å²) in [5.74, 6) is -2.58. The lowest BCUT2D eigenvalue weighted by Crippen LogP contribution is -2.76. The number of nitrogens with zero attached hydrogens (tertiary/aromatic N) is 3. The molecule has 0 radical (unpaired) electrons. The number of rotatable bonds is 7. The number of carbonyl (C=O) groups is 3. The molecule has 3 fully saturated rings. The van der Waals surface area contributed by atoms with Crippen LogP contribution in [0, 0.1) is 5.92 Å². The van der Waals surface area contributed by atoms with Crippen LogP contribution in [0.3, 0.4) is 0 Å². The van der Waals surface area contributed by atoms with Gasteiger partial charge >= 0.3 is 6.18 Å². The highest BCUT2D eigenvalue weighted by Crippen LogP contribution is 2.36. The van der Waals surface area contributed by atoms with Gasteiger partial charge in [0.1, 0.15) is 29.7 Å². The predicted octanol–water partition coefficient (Wildman–Crippen LogP) is 4.11. The van der Waals surface area contributed by atoms with Gasteiger partial charge in [-0.3, -0.25) is 14.4 Å². The Kier molecular flexibility index (Phi) is 8.94. The third-order valence-electron chi connectivity index (χ3n) is 7.87. The number of sulfonamides is 1. The van der Waals surface area contributed by atoms with E-state index in [1.165, 1.54) is 24.3 Å². The molecule has 1 aliphatic carbocycles. The van der Waals surface area contributed by atoms with Crippen LogP contribution in [0.15, 0.2) is 47.4 Å². The van der Waals surface area contributed by atoms with E-state index in [9.17, 15) is 36.0 Å². The highest BCUT2D eigenvalue weighted by atomic mass is 35.5. The van der Waals surface area contributed by atoms with Crippen LogP contribution >= 0.6 is 34.8 Å². The van der Waals surface area contributed by atoms with Crippen LogP contribution in [-0.4, -0.2) is 84.3 Å². The molecular formula is C27H26Cl3F3N4O5S. The summed E-state index contributed by atoms with van der Waals surface area (Å²) >= 11 is 18.2. The highest BCUT2D eigenvalue weighted by molar-refractivity contribution is 7.89. The minimum Gasteiger partial charge on any atom is -0.343 e. The number of piperazine rings is 1. The first-order valence-electron chi connectivity index (χ1n) is 13.3. The summed E-state index contributed by atoms with van der Waals surface area (Å²) in [6.07, 6.45) is -4.53. The van der Waals surface area contributed by atoms with Crippen molar-refractivity contribution in [1.82, 2.24) is 19.4 Å². The fourth-order valence-electron chi connectivity index (χ4n) is 5.53. The molecule has 16 heteroatoms. The minimum absolute atomic E-state index is 0.146. The van der Waals surface area contributed by atoms with E-state index in [1.54, 1.807) is 12.1 Å². The van der Waals surface area contributed by atoms with Gasteiger partial charge < -0.3 is 15.1 Å². The Hall–Kier alpha value is -2.58. The van der Waals surface area contributed by atoms with Crippen LogP contribution in [0.5, 0.6) is 0 Å². The number of alkyl halides is 3. The summed E-state index contributed by atoms with van der Waals surface area (Å²) in [4.78, 5) is 41.6. The molecular weight excluding hydrogens is 656 g/mol. The average Bonchev–Trinajstić information content (AvgIpc) is 2.87. The van der Waals surface area contributed by atoms with Crippen molar-refractivity contribution >= 4 is 62.5 Å². The average molecular weight is 682 g/mol. The van der Waals surface area contributed by atoms with Crippen molar-refractivity contribution in [2.75, 3.05) is 19.6 Å². The molecule has 2 aromatic carbocycles. The van der Waals surface area contributed by atoms with E-state index < -0.39 is 76.7 Å². The molecule has 2 aromatic rings. The van der Waals surface area contributed by atoms with Gasteiger partial charge in [0.15, 0.2) is 0 Å². The molecule has 0 spiro atoms. The molecule has 2 heterocycles. The number of hydrogen-bond acceptors (Lipinski definition) is 5. The maximum atomic E-state index is 14.1. The smallest absolute Gasteiger partial charge is 0.343 e. The third kappa shape index (κ3) is 6.60. The van der Waals surface area contributed by atoms with Gasteiger partial charge in [0.2, 0.25) is 27.7 Å². The highest BCUT2D eigenvalue weighted by Gasteiger charge is 2.55. The van der Waals surface area contributed by atoms with Gasteiger partial charge in [0, 0.05) is 28.9 Å². The summed E-state index contributed by atoms with van der Waals surface area (Å²) in [5, 5.41) is 2.90. The van der Waals surface area contributed by atoms with Crippen molar-refractivity contribution < 1.29 is 36.0 Å². The maximum absolute atomic E-state index is 14.1. The summed E-state index contributed by atoms with van der Waals surface area (Å²) in [6, 6.07) is 6.86. The van der Waals surface area contributed by atoms with Crippen molar-refractivity contribution in [2.24, 2.45) is 5.92 Å². The second-order valence-electron chi connectivity index (χ2n) is 10.7. The SMILES string of the molecule is O=C(NC1CN(S(=O)(=O)c2ccc(Cl)cc2Cl)C2CN(CC(F)(F)F)C(=O)C(Cc3ccc(Cl)cc3)N2C1=O)C1CCC1. The van der Waals surface area contributed by atoms with Gasteiger partial charge in [0.25, 0.3) is 0 Å². The lowest BCUT2D eigenvalue weighted by atomic mass is 9.84. The molecule has 3 amide bonds. The molecule has 5 rings (SSSR count). The Bertz CT molecular complexity index is 1540. The zero-order valence-electron chi connectivity index (χ0n) is 22.4. The predicted molar refractivity (Wildman–Crippen MR) is 152 cm³/mol. The van der Waals surface area contributed by atoms with Gasteiger partial charge in [-0.05, 0) is 48.7 Å². The van der Waals surface area contributed by atoms with Crippen LogP contribution in [-0.2, 0) is 30.8 Å². The quantitative estimate of drug-likeness (QED) is 0.474. The first-order chi connectivity index (χ1) is 20.2. The second-order valence-corrected chi connectivity index (χ2v) is 13.9. The lowest BCUT2D eigenvalue weighted by Gasteiger charge is -2.53. The molecule has 3 unspecified atom stereocenters. The fraction of sp³-hybridized carbons (Fsp3) is 0.444. The van der Waals surface area contributed by atoms with Crippen LogP contribution < -0.4 is 5.32 Å². The molecule has 3 aliphatic rings. The largest absolute Gasteiger partial charge is 0.406 e. The van der Waals surface area contributed by atoms with Crippen LogP contribution in [0.2, 0.25) is 15.1 Å². The van der Waals surface area contributed by atoms with E-state index in [-0.39, 0.29) is 22.4 Å². The summed E-state index contributed by atoms with van der Waals surface area (Å²) < 4.78 is 69.9. The van der Waals surface area contributed by atoms with Gasteiger partial charge in [-0.2, -0.15) is 17.5 Å². The van der Waals surface area contributed by atoms with Crippen molar-refractivity contribution in [1.29, 1.82) is 0 Å². The standard InChI is InChI=1S/C27H26Cl3F3N4O5S/c28-17-6-4-15(5-7-17)10-21-26(40)35(14-27(31,32)33)13-23-36(43(41,42)22-9-8-18(29)11-19(22)30)12-20(25(39)37(21)23)34-24(38)16-2-1-3-16/h4-9,11,16,20-21,23H,1-3,10,12-14H2,(H,34,38). The normalized spacial score (nSPS) is 23.6. The molecule has 1 N–H and O–H groups in total. The zero-order valence-corrected chi connectivity index (χ0v) is 25.4. The number of benzene rings is 2. The molecule has 43 heavy (non-hydrogen) atoms. The van der Waals surface area contributed by atoms with Crippen LogP contribution in [0.25, 0.3) is 0 Å².